The molecule has 0 radical (unpaired) electrons. The third-order valence-electron chi connectivity index (χ3n) is 4.81. The molecule has 2 aliphatic heterocycles. The molecule has 24 heavy (non-hydrogen) atoms. The largest absolute Gasteiger partial charge is 0.342 e. The number of ketones is 1. The molecular weight excluding hydrogens is 333 g/mol. The maximum atomic E-state index is 13.0. The maximum absolute atomic E-state index is 13.0. The molecule has 5 nitrogen and oxygen atoms in total. The Labute approximate surface area is 140 Å². The first-order valence-electron chi connectivity index (χ1n) is 8.15. The van der Waals surface area contributed by atoms with E-state index in [0.717, 1.165) is 0 Å². The van der Waals surface area contributed by atoms with Crippen molar-refractivity contribution in [3.63, 3.8) is 0 Å². The van der Waals surface area contributed by atoms with Gasteiger partial charge < -0.3 is 4.90 Å². The van der Waals surface area contributed by atoms with Crippen molar-refractivity contribution in [2.75, 3.05) is 24.6 Å². The van der Waals surface area contributed by atoms with Crippen LogP contribution >= 0.6 is 0 Å². The van der Waals surface area contributed by atoms with Crippen LogP contribution in [0, 0.1) is 17.7 Å². The fourth-order valence-corrected chi connectivity index (χ4v) is 5.22. The van der Waals surface area contributed by atoms with Crippen LogP contribution in [0.4, 0.5) is 4.39 Å². The van der Waals surface area contributed by atoms with Gasteiger partial charge in [-0.15, -0.1) is 0 Å². The molecule has 3 rings (SSSR count). The van der Waals surface area contributed by atoms with Crippen molar-refractivity contribution in [2.45, 2.75) is 19.3 Å². The number of rotatable bonds is 3. The summed E-state index contributed by atoms with van der Waals surface area (Å²) in [6, 6.07) is 5.43. The molecule has 2 fully saturated rings. The smallest absolute Gasteiger partial charge is 0.226 e. The van der Waals surface area contributed by atoms with Crippen molar-refractivity contribution >= 4 is 21.5 Å². The number of hydrogen-bond acceptors (Lipinski definition) is 4. The molecule has 0 unspecified atom stereocenters. The first kappa shape index (κ1) is 17.1. The average molecular weight is 353 g/mol. The molecule has 1 aromatic rings. The predicted octanol–water partition coefficient (Wildman–Crippen LogP) is 1.68. The van der Waals surface area contributed by atoms with Gasteiger partial charge in [-0.25, -0.2) is 12.8 Å². The molecule has 0 spiro atoms. The number of benzene rings is 1. The van der Waals surface area contributed by atoms with Gasteiger partial charge in [0, 0.05) is 24.6 Å². The quantitative estimate of drug-likeness (QED) is 0.775. The van der Waals surface area contributed by atoms with E-state index in [1.54, 1.807) is 4.90 Å². The van der Waals surface area contributed by atoms with E-state index in [1.807, 2.05) is 0 Å². The number of Topliss-reactive ketones (excluding diaryl/α,β-unsaturated/α-hetero) is 1. The van der Waals surface area contributed by atoms with Crippen molar-refractivity contribution in [1.29, 1.82) is 0 Å². The van der Waals surface area contributed by atoms with Gasteiger partial charge in [0.25, 0.3) is 0 Å². The van der Waals surface area contributed by atoms with Crippen LogP contribution < -0.4 is 0 Å². The Kier molecular flexibility index (Phi) is 4.71. The molecule has 2 aliphatic rings. The summed E-state index contributed by atoms with van der Waals surface area (Å²) in [6.07, 6.45) is 1.76. The number of piperidine rings is 1. The Morgan fingerprint density at radius 2 is 1.79 bits per heavy atom. The molecule has 2 atom stereocenters. The fraction of sp³-hybridized carbons (Fsp3) is 0.529. The molecule has 0 aromatic heterocycles. The Balaban J connectivity index is 1.67. The number of amides is 1. The number of carbonyl (C=O) groups is 2. The molecule has 2 heterocycles. The van der Waals surface area contributed by atoms with Crippen molar-refractivity contribution in [3.05, 3.63) is 35.6 Å². The highest BCUT2D eigenvalue weighted by molar-refractivity contribution is 7.91. The van der Waals surface area contributed by atoms with Crippen LogP contribution in [0.2, 0.25) is 0 Å². The summed E-state index contributed by atoms with van der Waals surface area (Å²) in [7, 11) is -3.11. The minimum absolute atomic E-state index is 0.0647. The van der Waals surface area contributed by atoms with E-state index in [0.29, 0.717) is 37.9 Å². The van der Waals surface area contributed by atoms with Gasteiger partial charge in [-0.2, -0.15) is 0 Å². The van der Waals surface area contributed by atoms with Crippen molar-refractivity contribution in [2.24, 2.45) is 11.8 Å². The molecule has 1 aromatic carbocycles. The third-order valence-corrected chi connectivity index (χ3v) is 6.58. The van der Waals surface area contributed by atoms with E-state index < -0.39 is 21.6 Å². The molecule has 0 bridgehead atoms. The van der Waals surface area contributed by atoms with Gasteiger partial charge in [-0.05, 0) is 43.5 Å². The van der Waals surface area contributed by atoms with E-state index in [4.69, 9.17) is 0 Å². The number of likely N-dealkylation sites (tertiary alicyclic amines) is 1. The van der Waals surface area contributed by atoms with Crippen LogP contribution in [0.1, 0.15) is 29.6 Å². The Morgan fingerprint density at radius 3 is 2.42 bits per heavy atom. The van der Waals surface area contributed by atoms with E-state index in [2.05, 4.69) is 0 Å². The van der Waals surface area contributed by atoms with Crippen LogP contribution in [-0.2, 0) is 14.6 Å². The second kappa shape index (κ2) is 6.63. The van der Waals surface area contributed by atoms with Gasteiger partial charge in [0.05, 0.1) is 17.4 Å². The Bertz CT molecular complexity index is 744. The third kappa shape index (κ3) is 3.66. The monoisotopic (exact) mass is 353 g/mol. The lowest BCUT2D eigenvalue weighted by Crippen LogP contribution is -2.45. The van der Waals surface area contributed by atoms with Crippen LogP contribution in [-0.4, -0.2) is 49.6 Å². The van der Waals surface area contributed by atoms with Gasteiger partial charge in [0.15, 0.2) is 15.6 Å². The minimum atomic E-state index is -3.11. The van der Waals surface area contributed by atoms with Crippen molar-refractivity contribution in [3.8, 4) is 0 Å². The summed E-state index contributed by atoms with van der Waals surface area (Å²) in [5.74, 6) is -1.46. The lowest BCUT2D eigenvalue weighted by atomic mass is 9.89. The number of nitrogens with zero attached hydrogens (tertiary/aromatic N) is 1. The summed E-state index contributed by atoms with van der Waals surface area (Å²) in [6.45, 7) is 0.869. The number of hydrogen-bond donors (Lipinski definition) is 0. The minimum Gasteiger partial charge on any atom is -0.342 e. The maximum Gasteiger partial charge on any atom is 0.226 e. The molecule has 0 N–H and O–H groups in total. The normalized spacial score (nSPS) is 26.3. The summed E-state index contributed by atoms with van der Waals surface area (Å²) < 4.78 is 36.1. The lowest BCUT2D eigenvalue weighted by Gasteiger charge is -2.33. The molecule has 130 valence electrons. The van der Waals surface area contributed by atoms with Crippen molar-refractivity contribution < 1.29 is 22.4 Å². The summed E-state index contributed by atoms with van der Waals surface area (Å²) >= 11 is 0. The summed E-state index contributed by atoms with van der Waals surface area (Å²) in [5, 5.41) is 0. The second-order valence-electron chi connectivity index (χ2n) is 6.59. The lowest BCUT2D eigenvalue weighted by molar-refractivity contribution is -0.136. The number of carbonyl (C=O) groups excluding carboxylic acids is 2. The van der Waals surface area contributed by atoms with Crippen LogP contribution in [0.5, 0.6) is 0 Å². The van der Waals surface area contributed by atoms with Crippen LogP contribution in [0.25, 0.3) is 0 Å². The second-order valence-corrected chi connectivity index (χ2v) is 8.82. The van der Waals surface area contributed by atoms with Crippen LogP contribution in [0.15, 0.2) is 24.3 Å². The summed E-state index contributed by atoms with van der Waals surface area (Å²) in [5.41, 5.74) is 0.444. The zero-order valence-electron chi connectivity index (χ0n) is 13.3. The van der Waals surface area contributed by atoms with E-state index >= 15 is 0 Å². The molecule has 7 heteroatoms. The highest BCUT2D eigenvalue weighted by Crippen LogP contribution is 2.26. The highest BCUT2D eigenvalue weighted by atomic mass is 32.2. The average Bonchev–Trinajstić information content (AvgIpc) is 2.94. The molecule has 0 saturated carbocycles. The topological polar surface area (TPSA) is 71.5 Å². The van der Waals surface area contributed by atoms with Gasteiger partial charge in [-0.3, -0.25) is 9.59 Å². The zero-order chi connectivity index (χ0) is 17.3. The summed E-state index contributed by atoms with van der Waals surface area (Å²) in [4.78, 5) is 26.7. The predicted molar refractivity (Wildman–Crippen MR) is 86.8 cm³/mol. The van der Waals surface area contributed by atoms with Gasteiger partial charge in [0.2, 0.25) is 5.91 Å². The number of halogens is 1. The highest BCUT2D eigenvalue weighted by Gasteiger charge is 2.37. The Hall–Kier alpha value is -1.76. The first-order chi connectivity index (χ1) is 11.4. The first-order valence-corrected chi connectivity index (χ1v) is 9.97. The van der Waals surface area contributed by atoms with Crippen molar-refractivity contribution in [1.82, 2.24) is 4.90 Å². The molecular formula is C17H20FNO4S. The molecule has 1 amide bonds. The standard InChI is InChI=1S/C17H20FNO4S/c18-15-5-3-12(4-6-15)16(20)13-2-1-8-19(10-13)17(21)14-7-9-24(22,23)11-14/h3-6,13-14H,1-2,7-11H2/t13-,14-/m0/s1. The zero-order valence-corrected chi connectivity index (χ0v) is 14.1. The van der Waals surface area contributed by atoms with E-state index in [9.17, 15) is 22.4 Å². The van der Waals surface area contributed by atoms with E-state index in [1.165, 1.54) is 24.3 Å². The molecule has 0 aliphatic carbocycles. The number of sulfone groups is 1. The van der Waals surface area contributed by atoms with Gasteiger partial charge >= 0.3 is 0 Å². The van der Waals surface area contributed by atoms with E-state index in [-0.39, 0.29) is 29.1 Å². The fourth-order valence-electron chi connectivity index (χ4n) is 3.49. The van der Waals surface area contributed by atoms with Crippen LogP contribution in [0.3, 0.4) is 0 Å². The van der Waals surface area contributed by atoms with Gasteiger partial charge in [0.1, 0.15) is 5.82 Å². The molecule has 2 saturated heterocycles. The Morgan fingerprint density at radius 1 is 1.08 bits per heavy atom. The SMILES string of the molecule is O=C(c1ccc(F)cc1)[C@H]1CCCN(C(=O)[C@H]2CCS(=O)(=O)C2)C1. The van der Waals surface area contributed by atoms with Gasteiger partial charge in [-0.1, -0.05) is 0 Å².